The van der Waals surface area contributed by atoms with Crippen LogP contribution < -0.4 is 11.1 Å². The van der Waals surface area contributed by atoms with E-state index in [0.717, 1.165) is 11.9 Å². The normalized spacial score (nSPS) is 14.6. The SMILES string of the molecule is CC(CCS(C)=O)Nc1nc(N)nc2nc[nH]c12. The van der Waals surface area contributed by atoms with Crippen molar-refractivity contribution in [3.05, 3.63) is 6.33 Å². The smallest absolute Gasteiger partial charge is 0.224 e. The lowest BCUT2D eigenvalue weighted by Gasteiger charge is -2.14. The van der Waals surface area contributed by atoms with E-state index in [-0.39, 0.29) is 12.0 Å². The van der Waals surface area contributed by atoms with Crippen LogP contribution in [0.15, 0.2) is 6.33 Å². The molecular weight excluding hydrogens is 252 g/mol. The average Bonchev–Trinajstić information content (AvgIpc) is 2.74. The lowest BCUT2D eigenvalue weighted by Crippen LogP contribution is -2.19. The fourth-order valence-electron chi connectivity index (χ4n) is 1.60. The molecule has 0 bridgehead atoms. The minimum absolute atomic E-state index is 0.148. The number of anilines is 2. The van der Waals surface area contributed by atoms with Gasteiger partial charge in [-0.1, -0.05) is 0 Å². The molecule has 7 nitrogen and oxygen atoms in total. The number of aromatic amines is 1. The Balaban J connectivity index is 2.15. The number of fused-ring (bicyclic) bond motifs is 1. The Labute approximate surface area is 107 Å². The summed E-state index contributed by atoms with van der Waals surface area (Å²) >= 11 is 0. The van der Waals surface area contributed by atoms with Gasteiger partial charge in [-0.2, -0.15) is 9.97 Å². The standard InChI is InChI=1S/C10H16N6OS/c1-6(3-4-18(2)17)14-9-7-8(13-5-12-7)15-10(11)16-9/h5-6H,3-4H2,1-2H3,(H4,11,12,13,14,15,16). The predicted octanol–water partition coefficient (Wildman–Crippen LogP) is 0.504. The number of imidazole rings is 1. The van der Waals surface area contributed by atoms with E-state index in [9.17, 15) is 4.21 Å². The summed E-state index contributed by atoms with van der Waals surface area (Å²) in [4.78, 5) is 15.2. The molecule has 2 rings (SSSR count). The largest absolute Gasteiger partial charge is 0.368 e. The highest BCUT2D eigenvalue weighted by atomic mass is 32.2. The van der Waals surface area contributed by atoms with Gasteiger partial charge >= 0.3 is 0 Å². The molecule has 2 unspecified atom stereocenters. The third kappa shape index (κ3) is 2.95. The summed E-state index contributed by atoms with van der Waals surface area (Å²) in [5, 5.41) is 3.23. The van der Waals surface area contributed by atoms with E-state index in [1.807, 2.05) is 6.92 Å². The van der Waals surface area contributed by atoms with E-state index in [1.165, 1.54) is 0 Å². The van der Waals surface area contributed by atoms with Gasteiger partial charge in [0.1, 0.15) is 5.52 Å². The molecule has 8 heteroatoms. The highest BCUT2D eigenvalue weighted by Crippen LogP contribution is 2.18. The molecule has 0 saturated carbocycles. The van der Waals surface area contributed by atoms with Gasteiger partial charge in [-0.05, 0) is 13.3 Å². The van der Waals surface area contributed by atoms with Gasteiger partial charge in [0.15, 0.2) is 11.5 Å². The Hall–Kier alpha value is -1.70. The van der Waals surface area contributed by atoms with Crippen molar-refractivity contribution in [3.63, 3.8) is 0 Å². The zero-order valence-corrected chi connectivity index (χ0v) is 11.1. The monoisotopic (exact) mass is 268 g/mol. The molecule has 0 aliphatic carbocycles. The Morgan fingerprint density at radius 3 is 3.06 bits per heavy atom. The van der Waals surface area contributed by atoms with Crippen LogP contribution in [0.4, 0.5) is 11.8 Å². The lowest BCUT2D eigenvalue weighted by molar-refractivity contribution is 0.678. The number of nitrogen functional groups attached to an aromatic ring is 1. The topological polar surface area (TPSA) is 110 Å². The zero-order valence-electron chi connectivity index (χ0n) is 10.3. The maximum atomic E-state index is 11.0. The van der Waals surface area contributed by atoms with Crippen molar-refractivity contribution < 1.29 is 4.21 Å². The van der Waals surface area contributed by atoms with E-state index < -0.39 is 10.8 Å². The van der Waals surface area contributed by atoms with Gasteiger partial charge in [0.05, 0.1) is 6.33 Å². The first-order chi connectivity index (χ1) is 8.56. The molecule has 0 aromatic carbocycles. The Kier molecular flexibility index (Phi) is 3.75. The number of nitrogens with one attached hydrogen (secondary N) is 2. The van der Waals surface area contributed by atoms with Crippen LogP contribution in [0.1, 0.15) is 13.3 Å². The average molecular weight is 268 g/mol. The molecule has 0 fully saturated rings. The zero-order chi connectivity index (χ0) is 13.1. The molecular formula is C10H16N6OS. The first kappa shape index (κ1) is 12.7. The number of nitrogens with two attached hydrogens (primary N) is 1. The van der Waals surface area contributed by atoms with E-state index in [4.69, 9.17) is 5.73 Å². The van der Waals surface area contributed by atoms with Crippen molar-refractivity contribution in [2.45, 2.75) is 19.4 Å². The number of hydrogen-bond donors (Lipinski definition) is 3. The molecule has 0 aliphatic rings. The van der Waals surface area contributed by atoms with Crippen molar-refractivity contribution in [2.24, 2.45) is 0 Å². The highest BCUT2D eigenvalue weighted by molar-refractivity contribution is 7.84. The number of rotatable bonds is 5. The third-order valence-electron chi connectivity index (χ3n) is 2.52. The highest BCUT2D eigenvalue weighted by Gasteiger charge is 2.11. The molecule has 2 aromatic heterocycles. The van der Waals surface area contributed by atoms with Crippen LogP contribution in [0.3, 0.4) is 0 Å². The molecule has 0 saturated heterocycles. The quantitative estimate of drug-likeness (QED) is 0.728. The van der Waals surface area contributed by atoms with Crippen LogP contribution >= 0.6 is 0 Å². The summed E-state index contributed by atoms with van der Waals surface area (Å²) in [7, 11) is -0.785. The first-order valence-corrected chi connectivity index (χ1v) is 7.32. The lowest BCUT2D eigenvalue weighted by atomic mass is 10.2. The molecule has 2 atom stereocenters. The van der Waals surface area contributed by atoms with E-state index in [0.29, 0.717) is 17.2 Å². The first-order valence-electron chi connectivity index (χ1n) is 5.59. The van der Waals surface area contributed by atoms with Crippen LogP contribution in [-0.2, 0) is 10.8 Å². The molecule has 98 valence electrons. The second kappa shape index (κ2) is 5.30. The third-order valence-corrected chi connectivity index (χ3v) is 3.33. The summed E-state index contributed by atoms with van der Waals surface area (Å²) < 4.78 is 11.0. The fraction of sp³-hybridized carbons (Fsp3) is 0.500. The van der Waals surface area contributed by atoms with Crippen LogP contribution in [0, 0.1) is 0 Å². The second-order valence-corrected chi connectivity index (χ2v) is 5.70. The van der Waals surface area contributed by atoms with Gasteiger partial charge in [-0.3, -0.25) is 4.21 Å². The van der Waals surface area contributed by atoms with Crippen LogP contribution in [-0.4, -0.2) is 42.2 Å². The molecule has 18 heavy (non-hydrogen) atoms. The van der Waals surface area contributed by atoms with Crippen molar-refractivity contribution >= 4 is 33.7 Å². The Morgan fingerprint density at radius 2 is 2.33 bits per heavy atom. The Morgan fingerprint density at radius 1 is 1.56 bits per heavy atom. The summed E-state index contributed by atoms with van der Waals surface area (Å²) in [6.45, 7) is 2.01. The second-order valence-electron chi connectivity index (χ2n) is 4.14. The summed E-state index contributed by atoms with van der Waals surface area (Å²) in [5.74, 6) is 1.47. The van der Waals surface area contributed by atoms with Crippen molar-refractivity contribution in [1.29, 1.82) is 0 Å². The van der Waals surface area contributed by atoms with E-state index in [1.54, 1.807) is 12.6 Å². The summed E-state index contributed by atoms with van der Waals surface area (Å²) in [6.07, 6.45) is 4.04. The molecule has 2 heterocycles. The number of hydrogen-bond acceptors (Lipinski definition) is 6. The van der Waals surface area contributed by atoms with Gasteiger partial charge in [-0.25, -0.2) is 4.98 Å². The number of nitrogens with zero attached hydrogens (tertiary/aromatic N) is 3. The van der Waals surface area contributed by atoms with Gasteiger partial charge < -0.3 is 16.0 Å². The van der Waals surface area contributed by atoms with Gasteiger partial charge in [0.25, 0.3) is 0 Å². The van der Waals surface area contributed by atoms with E-state index >= 15 is 0 Å². The number of H-pyrrole nitrogens is 1. The van der Waals surface area contributed by atoms with Gasteiger partial charge in [0.2, 0.25) is 5.95 Å². The van der Waals surface area contributed by atoms with Crippen molar-refractivity contribution in [2.75, 3.05) is 23.1 Å². The molecule has 4 N–H and O–H groups in total. The molecule has 0 aliphatic heterocycles. The molecule has 0 amide bonds. The van der Waals surface area contributed by atoms with Crippen LogP contribution in [0.25, 0.3) is 11.2 Å². The fourth-order valence-corrected chi connectivity index (χ4v) is 2.29. The van der Waals surface area contributed by atoms with Crippen molar-refractivity contribution in [3.8, 4) is 0 Å². The minimum Gasteiger partial charge on any atom is -0.368 e. The maximum absolute atomic E-state index is 11.0. The van der Waals surface area contributed by atoms with Gasteiger partial charge in [0, 0.05) is 28.9 Å². The maximum Gasteiger partial charge on any atom is 0.224 e. The molecule has 2 aromatic rings. The molecule has 0 radical (unpaired) electrons. The van der Waals surface area contributed by atoms with Crippen molar-refractivity contribution in [1.82, 2.24) is 19.9 Å². The van der Waals surface area contributed by atoms with Gasteiger partial charge in [-0.15, -0.1) is 0 Å². The molecule has 0 spiro atoms. The summed E-state index contributed by atoms with van der Waals surface area (Å²) in [5.41, 5.74) is 6.89. The van der Waals surface area contributed by atoms with Crippen LogP contribution in [0.5, 0.6) is 0 Å². The Bertz CT molecular complexity index is 568. The van der Waals surface area contributed by atoms with E-state index in [2.05, 4.69) is 25.3 Å². The predicted molar refractivity (Wildman–Crippen MR) is 72.7 cm³/mol. The van der Waals surface area contributed by atoms with Crippen LogP contribution in [0.2, 0.25) is 0 Å². The summed E-state index contributed by atoms with van der Waals surface area (Å²) in [6, 6.07) is 0.148. The number of aromatic nitrogens is 4. The minimum atomic E-state index is -0.785.